The summed E-state index contributed by atoms with van der Waals surface area (Å²) in [5, 5.41) is 2.52. The number of benzene rings is 2. The van der Waals surface area contributed by atoms with Gasteiger partial charge in [0.05, 0.1) is 0 Å². The second-order valence-electron chi connectivity index (χ2n) is 3.88. The highest BCUT2D eigenvalue weighted by atomic mass is 35.5. The summed E-state index contributed by atoms with van der Waals surface area (Å²) in [5.41, 5.74) is 0.180. The van der Waals surface area contributed by atoms with Crippen LogP contribution in [0.15, 0.2) is 48.5 Å². The van der Waals surface area contributed by atoms with Gasteiger partial charge in [0.1, 0.15) is 11.5 Å². The van der Waals surface area contributed by atoms with Gasteiger partial charge < -0.3 is 9.47 Å². The first kappa shape index (κ1) is 15.1. The lowest BCUT2D eigenvalue weighted by Crippen LogP contribution is -2.16. The highest BCUT2D eigenvalue weighted by Crippen LogP contribution is 2.25. The van der Waals surface area contributed by atoms with Crippen molar-refractivity contribution in [3.63, 3.8) is 0 Å². The van der Waals surface area contributed by atoms with E-state index in [0.717, 1.165) is 0 Å². The summed E-state index contributed by atoms with van der Waals surface area (Å²) in [6.45, 7) is -2.98. The molecule has 0 aliphatic rings. The third-order valence-electron chi connectivity index (χ3n) is 2.30. The zero-order valence-electron chi connectivity index (χ0n) is 10.6. The lowest BCUT2D eigenvalue weighted by atomic mass is 10.3. The third-order valence-corrected chi connectivity index (χ3v) is 2.51. The molecule has 0 bridgehead atoms. The number of para-hydroxylation sites is 1. The van der Waals surface area contributed by atoms with E-state index in [1.165, 1.54) is 18.2 Å². The minimum absolute atomic E-state index is 0.142. The Morgan fingerprint density at radius 1 is 1.10 bits per heavy atom. The number of anilines is 1. The Hall–Kier alpha value is -2.34. The van der Waals surface area contributed by atoms with Crippen molar-refractivity contribution in [2.24, 2.45) is 0 Å². The van der Waals surface area contributed by atoms with Crippen LogP contribution >= 0.6 is 11.6 Å². The summed E-state index contributed by atoms with van der Waals surface area (Å²) < 4.78 is 33.5. The van der Waals surface area contributed by atoms with Gasteiger partial charge in [-0.15, -0.1) is 0 Å². The zero-order chi connectivity index (χ0) is 15.2. The first-order chi connectivity index (χ1) is 10.0. The van der Waals surface area contributed by atoms with Gasteiger partial charge >= 0.3 is 12.7 Å². The summed E-state index contributed by atoms with van der Waals surface area (Å²) in [5.74, 6) is 0.189. The molecule has 7 heteroatoms. The summed E-state index contributed by atoms with van der Waals surface area (Å²) >= 11 is 5.76. The Balaban J connectivity index is 2.05. The van der Waals surface area contributed by atoms with Crippen molar-refractivity contribution in [2.75, 3.05) is 5.32 Å². The minimum Gasteiger partial charge on any atom is -0.435 e. The number of halogens is 3. The quantitative estimate of drug-likeness (QED) is 0.900. The van der Waals surface area contributed by atoms with Crippen LogP contribution in [0.3, 0.4) is 0 Å². The number of carbonyl (C=O) groups is 1. The molecule has 0 aliphatic heterocycles. The maximum atomic E-state index is 12.2. The molecule has 0 atom stereocenters. The van der Waals surface area contributed by atoms with E-state index in [-0.39, 0.29) is 16.5 Å². The highest BCUT2D eigenvalue weighted by Gasteiger charge is 2.10. The molecule has 0 spiro atoms. The number of hydrogen-bond donors (Lipinski definition) is 1. The van der Waals surface area contributed by atoms with Crippen LogP contribution in [0.25, 0.3) is 0 Å². The fraction of sp³-hybridized carbons (Fsp3) is 0.0714. The van der Waals surface area contributed by atoms with Crippen LogP contribution in [0.5, 0.6) is 11.5 Å². The lowest BCUT2D eigenvalue weighted by Gasteiger charge is -2.09. The van der Waals surface area contributed by atoms with Gasteiger partial charge in [-0.3, -0.25) is 5.32 Å². The number of rotatable bonds is 4. The summed E-state index contributed by atoms with van der Waals surface area (Å²) in [7, 11) is 0. The van der Waals surface area contributed by atoms with E-state index in [1.54, 1.807) is 30.3 Å². The van der Waals surface area contributed by atoms with Crippen LogP contribution in [0.2, 0.25) is 5.02 Å². The number of amides is 1. The highest BCUT2D eigenvalue weighted by molar-refractivity contribution is 6.31. The SMILES string of the molecule is O=C(Nc1cc(Cl)cc(OC(F)F)c1)Oc1ccccc1. The fourth-order valence-electron chi connectivity index (χ4n) is 1.54. The van der Waals surface area contributed by atoms with Crippen molar-refractivity contribution in [3.8, 4) is 11.5 Å². The average Bonchev–Trinajstić information content (AvgIpc) is 2.37. The molecule has 2 aromatic rings. The van der Waals surface area contributed by atoms with Gasteiger partial charge in [0.15, 0.2) is 0 Å². The molecule has 0 heterocycles. The number of carbonyl (C=O) groups excluding carboxylic acids is 1. The number of nitrogens with one attached hydrogen (secondary N) is 1. The molecule has 0 fully saturated rings. The monoisotopic (exact) mass is 313 g/mol. The maximum Gasteiger partial charge on any atom is 0.417 e. The van der Waals surface area contributed by atoms with E-state index in [0.29, 0.717) is 5.75 Å². The van der Waals surface area contributed by atoms with Gasteiger partial charge in [0.2, 0.25) is 0 Å². The third kappa shape index (κ3) is 4.92. The first-order valence-electron chi connectivity index (χ1n) is 5.82. The van der Waals surface area contributed by atoms with Crippen molar-refractivity contribution in [1.29, 1.82) is 0 Å². The van der Waals surface area contributed by atoms with Gasteiger partial charge in [-0.05, 0) is 24.3 Å². The number of ether oxygens (including phenoxy) is 2. The van der Waals surface area contributed by atoms with Crippen LogP contribution in [-0.2, 0) is 0 Å². The normalized spacial score (nSPS) is 10.3. The number of hydrogen-bond acceptors (Lipinski definition) is 3. The zero-order valence-corrected chi connectivity index (χ0v) is 11.3. The summed E-state index contributed by atoms with van der Waals surface area (Å²) in [4.78, 5) is 11.7. The van der Waals surface area contributed by atoms with Gasteiger partial charge in [0.25, 0.3) is 0 Å². The molecule has 110 valence electrons. The van der Waals surface area contributed by atoms with Gasteiger partial charge in [-0.25, -0.2) is 4.79 Å². The summed E-state index contributed by atoms with van der Waals surface area (Å²) in [6, 6.07) is 12.2. The fourth-order valence-corrected chi connectivity index (χ4v) is 1.77. The molecule has 1 amide bonds. The standard InChI is InChI=1S/C14H10ClF2NO3/c15-9-6-10(8-12(7-9)20-13(16)17)18-14(19)21-11-4-2-1-3-5-11/h1-8,13H,(H,18,19). The molecule has 0 aromatic heterocycles. The van der Waals surface area contributed by atoms with Crippen molar-refractivity contribution in [1.82, 2.24) is 0 Å². The van der Waals surface area contributed by atoms with Crippen LogP contribution in [-0.4, -0.2) is 12.7 Å². The van der Waals surface area contributed by atoms with E-state index in [4.69, 9.17) is 16.3 Å². The lowest BCUT2D eigenvalue weighted by molar-refractivity contribution is -0.0497. The first-order valence-corrected chi connectivity index (χ1v) is 6.20. The topological polar surface area (TPSA) is 47.6 Å². The smallest absolute Gasteiger partial charge is 0.417 e. The van der Waals surface area contributed by atoms with Gasteiger partial charge in [0, 0.05) is 16.8 Å². The van der Waals surface area contributed by atoms with Crippen LogP contribution in [0.1, 0.15) is 0 Å². The summed E-state index contributed by atoms with van der Waals surface area (Å²) in [6.07, 6.45) is -0.772. The van der Waals surface area contributed by atoms with E-state index >= 15 is 0 Å². The Kier molecular flexibility index (Phi) is 4.94. The Morgan fingerprint density at radius 3 is 2.48 bits per heavy atom. The van der Waals surface area contributed by atoms with Gasteiger partial charge in [-0.2, -0.15) is 8.78 Å². The largest absolute Gasteiger partial charge is 0.435 e. The second-order valence-corrected chi connectivity index (χ2v) is 4.32. The Morgan fingerprint density at radius 2 is 1.81 bits per heavy atom. The average molecular weight is 314 g/mol. The van der Waals surface area contributed by atoms with Crippen LogP contribution in [0, 0.1) is 0 Å². The second kappa shape index (κ2) is 6.90. The molecular weight excluding hydrogens is 304 g/mol. The molecule has 0 radical (unpaired) electrons. The van der Waals surface area contributed by atoms with Crippen LogP contribution in [0.4, 0.5) is 19.3 Å². The van der Waals surface area contributed by atoms with Crippen LogP contribution < -0.4 is 14.8 Å². The van der Waals surface area contributed by atoms with E-state index < -0.39 is 12.7 Å². The molecule has 0 saturated carbocycles. The molecule has 4 nitrogen and oxygen atoms in total. The van der Waals surface area contributed by atoms with Crippen molar-refractivity contribution in [3.05, 3.63) is 53.6 Å². The number of alkyl halides is 2. The molecule has 1 N–H and O–H groups in total. The molecule has 2 rings (SSSR count). The van der Waals surface area contributed by atoms with E-state index in [9.17, 15) is 13.6 Å². The van der Waals surface area contributed by atoms with Crippen molar-refractivity contribution < 1.29 is 23.0 Å². The molecule has 0 unspecified atom stereocenters. The predicted molar refractivity (Wildman–Crippen MR) is 74.2 cm³/mol. The maximum absolute atomic E-state index is 12.2. The Labute approximate surface area is 124 Å². The minimum atomic E-state index is -2.98. The molecular formula is C14H10ClF2NO3. The Bertz CT molecular complexity index is 623. The van der Waals surface area contributed by atoms with E-state index in [2.05, 4.69) is 10.1 Å². The predicted octanol–water partition coefficient (Wildman–Crippen LogP) is 4.55. The molecule has 0 aliphatic carbocycles. The molecule has 21 heavy (non-hydrogen) atoms. The van der Waals surface area contributed by atoms with Crippen molar-refractivity contribution >= 4 is 23.4 Å². The van der Waals surface area contributed by atoms with Gasteiger partial charge in [-0.1, -0.05) is 29.8 Å². The van der Waals surface area contributed by atoms with Crippen molar-refractivity contribution in [2.45, 2.75) is 6.61 Å². The molecule has 0 saturated heterocycles. The molecule has 2 aromatic carbocycles. The van der Waals surface area contributed by atoms with E-state index in [1.807, 2.05) is 0 Å².